The van der Waals surface area contributed by atoms with Gasteiger partial charge in [-0.3, -0.25) is 0 Å². The maximum atomic E-state index is 11.1. The Morgan fingerprint density at radius 3 is 2.73 bits per heavy atom. The van der Waals surface area contributed by atoms with Crippen molar-refractivity contribution in [2.45, 2.75) is 14.4 Å². The third kappa shape index (κ3) is 3.00. The molecule has 0 amide bonds. The van der Waals surface area contributed by atoms with Crippen molar-refractivity contribution in [2.24, 2.45) is 5.11 Å². The van der Waals surface area contributed by atoms with Crippen molar-refractivity contribution in [3.63, 3.8) is 0 Å². The summed E-state index contributed by atoms with van der Waals surface area (Å²) in [5.74, 6) is -0.445. The van der Waals surface area contributed by atoms with Crippen LogP contribution in [0, 0.1) is 6.92 Å². The lowest BCUT2D eigenvalue weighted by atomic mass is 10.1. The second kappa shape index (κ2) is 5.67. The van der Waals surface area contributed by atoms with Crippen LogP contribution in [0.2, 0.25) is 0 Å². The molecule has 5 nitrogen and oxygen atoms in total. The van der Waals surface area contributed by atoms with Gasteiger partial charge in [-0.15, -0.1) is 0 Å². The van der Waals surface area contributed by atoms with Gasteiger partial charge in [0.05, 0.1) is 12.7 Å². The Bertz CT molecular complexity index is 409. The minimum atomic E-state index is -0.445. The average Bonchev–Trinajstić information content (AvgIpc) is 2.20. The molecule has 0 saturated carbocycles. The summed E-state index contributed by atoms with van der Waals surface area (Å²) in [6.07, 6.45) is 0. The SMILES string of the molecule is C.COC(=O)c1ccc(C)c(N=[N+]=[N-])c1. The Balaban J connectivity index is 0.00000196. The Labute approximate surface area is 88.3 Å². The summed E-state index contributed by atoms with van der Waals surface area (Å²) in [6.45, 7) is 1.80. The molecule has 0 N–H and O–H groups in total. The molecular formula is C10H13N3O2. The van der Waals surface area contributed by atoms with E-state index in [1.807, 2.05) is 0 Å². The van der Waals surface area contributed by atoms with Gasteiger partial charge in [-0.1, -0.05) is 18.6 Å². The molecule has 0 fully saturated rings. The summed E-state index contributed by atoms with van der Waals surface area (Å²) < 4.78 is 4.54. The lowest BCUT2D eigenvalue weighted by Gasteiger charge is -2.02. The first-order valence-electron chi connectivity index (χ1n) is 3.93. The van der Waals surface area contributed by atoms with E-state index in [9.17, 15) is 4.79 Å². The maximum Gasteiger partial charge on any atom is 0.337 e. The van der Waals surface area contributed by atoms with Crippen LogP contribution >= 0.6 is 0 Å². The van der Waals surface area contributed by atoms with Gasteiger partial charge in [0.1, 0.15) is 0 Å². The number of carbonyl (C=O) groups is 1. The van der Waals surface area contributed by atoms with E-state index in [4.69, 9.17) is 5.53 Å². The van der Waals surface area contributed by atoms with Crippen LogP contribution in [0.25, 0.3) is 10.4 Å². The van der Waals surface area contributed by atoms with Gasteiger partial charge >= 0.3 is 5.97 Å². The Morgan fingerprint density at radius 2 is 2.20 bits per heavy atom. The molecule has 0 radical (unpaired) electrons. The summed E-state index contributed by atoms with van der Waals surface area (Å²) in [5.41, 5.74) is 9.90. The van der Waals surface area contributed by atoms with Gasteiger partial charge in [0.25, 0.3) is 0 Å². The van der Waals surface area contributed by atoms with Crippen LogP contribution < -0.4 is 0 Å². The van der Waals surface area contributed by atoms with Crippen LogP contribution in [0.3, 0.4) is 0 Å². The van der Waals surface area contributed by atoms with Gasteiger partial charge in [0.15, 0.2) is 0 Å². The number of carbonyl (C=O) groups excluding carboxylic acids is 1. The molecule has 1 aromatic rings. The van der Waals surface area contributed by atoms with Crippen molar-refractivity contribution >= 4 is 11.7 Å². The molecular weight excluding hydrogens is 194 g/mol. The van der Waals surface area contributed by atoms with E-state index in [0.29, 0.717) is 11.3 Å². The molecule has 0 aliphatic carbocycles. The molecule has 0 aliphatic rings. The van der Waals surface area contributed by atoms with Crippen molar-refractivity contribution < 1.29 is 9.53 Å². The van der Waals surface area contributed by atoms with E-state index >= 15 is 0 Å². The van der Waals surface area contributed by atoms with Crippen LogP contribution in [0.5, 0.6) is 0 Å². The predicted octanol–water partition coefficient (Wildman–Crippen LogP) is 3.36. The minimum absolute atomic E-state index is 0. The van der Waals surface area contributed by atoms with Crippen molar-refractivity contribution in [1.82, 2.24) is 0 Å². The fourth-order valence-electron chi connectivity index (χ4n) is 1.01. The van der Waals surface area contributed by atoms with Gasteiger partial charge in [0, 0.05) is 10.6 Å². The van der Waals surface area contributed by atoms with Crippen molar-refractivity contribution in [3.8, 4) is 0 Å². The standard InChI is InChI=1S/C9H9N3O2.CH4/c1-6-3-4-7(9(13)14-2)5-8(6)11-12-10;/h3-5H,1-2H3;1H4. The zero-order valence-corrected chi connectivity index (χ0v) is 7.89. The molecule has 0 aliphatic heterocycles. The third-order valence-corrected chi connectivity index (χ3v) is 1.78. The number of benzene rings is 1. The monoisotopic (exact) mass is 207 g/mol. The molecule has 15 heavy (non-hydrogen) atoms. The molecule has 0 saturated heterocycles. The van der Waals surface area contributed by atoms with Gasteiger partial charge in [-0.05, 0) is 30.2 Å². The Hall–Kier alpha value is -2.00. The first kappa shape index (κ1) is 13.0. The van der Waals surface area contributed by atoms with Crippen molar-refractivity contribution in [2.75, 3.05) is 7.11 Å². The number of hydrogen-bond donors (Lipinski definition) is 0. The summed E-state index contributed by atoms with van der Waals surface area (Å²) in [5, 5.41) is 3.46. The quantitative estimate of drug-likeness (QED) is 0.322. The number of hydrogen-bond acceptors (Lipinski definition) is 3. The Morgan fingerprint density at radius 1 is 1.53 bits per heavy atom. The molecule has 0 heterocycles. The highest BCUT2D eigenvalue weighted by molar-refractivity contribution is 5.90. The predicted molar refractivity (Wildman–Crippen MR) is 58.1 cm³/mol. The zero-order chi connectivity index (χ0) is 10.6. The lowest BCUT2D eigenvalue weighted by molar-refractivity contribution is 0.0601. The number of methoxy groups -OCH3 is 1. The highest BCUT2D eigenvalue weighted by Gasteiger charge is 2.06. The topological polar surface area (TPSA) is 75.1 Å². The van der Waals surface area contributed by atoms with E-state index in [2.05, 4.69) is 14.8 Å². The van der Waals surface area contributed by atoms with Gasteiger partial charge in [0.2, 0.25) is 0 Å². The summed E-state index contributed by atoms with van der Waals surface area (Å²) >= 11 is 0. The van der Waals surface area contributed by atoms with E-state index in [0.717, 1.165) is 5.56 Å². The molecule has 0 aromatic heterocycles. The smallest absolute Gasteiger partial charge is 0.337 e. The molecule has 5 heteroatoms. The van der Waals surface area contributed by atoms with Gasteiger partial charge in [-0.2, -0.15) is 0 Å². The van der Waals surface area contributed by atoms with E-state index in [1.54, 1.807) is 19.1 Å². The number of ether oxygens (including phenoxy) is 1. The third-order valence-electron chi connectivity index (χ3n) is 1.78. The largest absolute Gasteiger partial charge is 0.465 e. The number of azide groups is 1. The normalized spacial score (nSPS) is 8.40. The molecule has 80 valence electrons. The number of nitrogens with zero attached hydrogens (tertiary/aromatic N) is 3. The molecule has 1 aromatic carbocycles. The molecule has 0 atom stereocenters. The first-order valence-corrected chi connectivity index (χ1v) is 3.93. The second-order valence-electron chi connectivity index (χ2n) is 2.68. The zero-order valence-electron chi connectivity index (χ0n) is 7.89. The van der Waals surface area contributed by atoms with E-state index < -0.39 is 5.97 Å². The minimum Gasteiger partial charge on any atom is -0.465 e. The van der Waals surface area contributed by atoms with Crippen LogP contribution in [-0.4, -0.2) is 13.1 Å². The molecule has 0 spiro atoms. The van der Waals surface area contributed by atoms with Crippen LogP contribution in [0.15, 0.2) is 23.3 Å². The highest BCUT2D eigenvalue weighted by Crippen LogP contribution is 2.20. The van der Waals surface area contributed by atoms with Gasteiger partial charge in [-0.25, -0.2) is 4.79 Å². The summed E-state index contributed by atoms with van der Waals surface area (Å²) in [7, 11) is 1.30. The summed E-state index contributed by atoms with van der Waals surface area (Å²) in [4.78, 5) is 13.8. The summed E-state index contributed by atoms with van der Waals surface area (Å²) in [6, 6.07) is 4.83. The molecule has 0 unspecified atom stereocenters. The van der Waals surface area contributed by atoms with E-state index in [-0.39, 0.29) is 7.43 Å². The van der Waals surface area contributed by atoms with Crippen LogP contribution in [0.4, 0.5) is 5.69 Å². The average molecular weight is 207 g/mol. The van der Waals surface area contributed by atoms with E-state index in [1.165, 1.54) is 13.2 Å². The molecule has 0 bridgehead atoms. The number of aryl methyl sites for hydroxylation is 1. The second-order valence-corrected chi connectivity index (χ2v) is 2.68. The number of esters is 1. The fraction of sp³-hybridized carbons (Fsp3) is 0.300. The number of rotatable bonds is 2. The fourth-order valence-corrected chi connectivity index (χ4v) is 1.01. The van der Waals surface area contributed by atoms with Crippen molar-refractivity contribution in [1.29, 1.82) is 0 Å². The lowest BCUT2D eigenvalue weighted by Crippen LogP contribution is -2.00. The highest BCUT2D eigenvalue weighted by atomic mass is 16.5. The maximum absolute atomic E-state index is 11.1. The molecule has 1 rings (SSSR count). The Kier molecular flexibility index (Phi) is 4.92. The van der Waals surface area contributed by atoms with Gasteiger partial charge < -0.3 is 4.74 Å². The van der Waals surface area contributed by atoms with Crippen LogP contribution in [0.1, 0.15) is 23.3 Å². The first-order chi connectivity index (χ1) is 6.69. The van der Waals surface area contributed by atoms with Crippen LogP contribution in [-0.2, 0) is 4.74 Å². The van der Waals surface area contributed by atoms with Crippen molar-refractivity contribution in [3.05, 3.63) is 39.8 Å².